The van der Waals surface area contributed by atoms with Gasteiger partial charge in [-0.05, 0) is 37.5 Å². The molecule has 1 aliphatic rings. The number of nitrogens with one attached hydrogen (secondary N) is 1. The van der Waals surface area contributed by atoms with Crippen LogP contribution >= 0.6 is 23.2 Å². The summed E-state index contributed by atoms with van der Waals surface area (Å²) in [6.45, 7) is 3.87. The van der Waals surface area contributed by atoms with E-state index in [9.17, 15) is 9.59 Å². The minimum Gasteiger partial charge on any atom is -0.356 e. The lowest BCUT2D eigenvalue weighted by Crippen LogP contribution is -2.45. The average Bonchev–Trinajstić information content (AvgIpc) is 2.54. The summed E-state index contributed by atoms with van der Waals surface area (Å²) in [5.41, 5.74) is 0.433. The third-order valence-electron chi connectivity index (χ3n) is 4.07. The zero-order valence-electron chi connectivity index (χ0n) is 13.3. The Kier molecular flexibility index (Phi) is 6.72. The molecule has 1 unspecified atom stereocenters. The highest BCUT2D eigenvalue weighted by molar-refractivity contribution is 6.36. The standard InChI is InChI=1S/C17H22Cl2N2O2/c1-2-3-8-20-16(22)12-5-4-9-21(11-12)17(23)14-7-6-13(18)10-15(14)19/h6-7,10,12H,2-5,8-9,11H2,1H3,(H,20,22). The number of nitrogens with zero attached hydrogens (tertiary/aromatic N) is 1. The van der Waals surface area contributed by atoms with Crippen molar-refractivity contribution < 1.29 is 9.59 Å². The Morgan fingerprint density at radius 1 is 1.35 bits per heavy atom. The maximum atomic E-state index is 12.6. The van der Waals surface area contributed by atoms with Gasteiger partial charge in [0.25, 0.3) is 5.91 Å². The quantitative estimate of drug-likeness (QED) is 0.816. The molecule has 1 N–H and O–H groups in total. The van der Waals surface area contributed by atoms with Crippen LogP contribution < -0.4 is 5.32 Å². The molecule has 1 aliphatic heterocycles. The molecular weight excluding hydrogens is 335 g/mol. The highest BCUT2D eigenvalue weighted by Gasteiger charge is 2.29. The predicted molar refractivity (Wildman–Crippen MR) is 93.0 cm³/mol. The molecule has 1 heterocycles. The molecule has 0 radical (unpaired) electrons. The second kappa shape index (κ2) is 8.55. The van der Waals surface area contributed by atoms with Crippen molar-refractivity contribution in [1.82, 2.24) is 10.2 Å². The molecule has 0 aromatic heterocycles. The minimum absolute atomic E-state index is 0.0400. The zero-order valence-corrected chi connectivity index (χ0v) is 14.8. The molecule has 1 fully saturated rings. The van der Waals surface area contributed by atoms with Crippen molar-refractivity contribution in [3.63, 3.8) is 0 Å². The minimum atomic E-state index is -0.143. The number of likely N-dealkylation sites (tertiary alicyclic amines) is 1. The topological polar surface area (TPSA) is 49.4 Å². The van der Waals surface area contributed by atoms with Gasteiger partial charge in [-0.2, -0.15) is 0 Å². The molecule has 1 saturated heterocycles. The molecule has 1 aromatic carbocycles. The third-order valence-corrected chi connectivity index (χ3v) is 4.62. The lowest BCUT2D eigenvalue weighted by Gasteiger charge is -2.32. The Hall–Kier alpha value is -1.26. The fourth-order valence-corrected chi connectivity index (χ4v) is 3.23. The van der Waals surface area contributed by atoms with E-state index in [0.29, 0.717) is 35.2 Å². The molecule has 0 aliphatic carbocycles. The van der Waals surface area contributed by atoms with Crippen molar-refractivity contribution in [1.29, 1.82) is 0 Å². The van der Waals surface area contributed by atoms with E-state index >= 15 is 0 Å². The van der Waals surface area contributed by atoms with Crippen molar-refractivity contribution >= 4 is 35.0 Å². The molecule has 4 nitrogen and oxygen atoms in total. The first-order chi connectivity index (χ1) is 11.0. The largest absolute Gasteiger partial charge is 0.356 e. The Morgan fingerprint density at radius 3 is 2.83 bits per heavy atom. The number of benzene rings is 1. The summed E-state index contributed by atoms with van der Waals surface area (Å²) < 4.78 is 0. The van der Waals surface area contributed by atoms with Gasteiger partial charge in [-0.3, -0.25) is 9.59 Å². The number of hydrogen-bond acceptors (Lipinski definition) is 2. The van der Waals surface area contributed by atoms with Crippen LogP contribution in [0.5, 0.6) is 0 Å². The fourth-order valence-electron chi connectivity index (χ4n) is 2.74. The molecule has 1 aromatic rings. The van der Waals surface area contributed by atoms with E-state index < -0.39 is 0 Å². The molecule has 0 bridgehead atoms. The molecule has 2 rings (SSSR count). The van der Waals surface area contributed by atoms with Gasteiger partial charge in [0.1, 0.15) is 0 Å². The van der Waals surface area contributed by atoms with Gasteiger partial charge in [0.2, 0.25) is 5.91 Å². The van der Waals surface area contributed by atoms with Crippen molar-refractivity contribution in [3.05, 3.63) is 33.8 Å². The first-order valence-corrected chi connectivity index (χ1v) is 8.80. The van der Waals surface area contributed by atoms with Crippen LogP contribution in [0, 0.1) is 5.92 Å². The zero-order chi connectivity index (χ0) is 16.8. The van der Waals surface area contributed by atoms with Gasteiger partial charge in [-0.15, -0.1) is 0 Å². The highest BCUT2D eigenvalue weighted by atomic mass is 35.5. The molecular formula is C17H22Cl2N2O2. The van der Waals surface area contributed by atoms with Crippen molar-refractivity contribution in [3.8, 4) is 0 Å². The van der Waals surface area contributed by atoms with E-state index in [1.165, 1.54) is 0 Å². The molecule has 0 saturated carbocycles. The number of carbonyl (C=O) groups excluding carboxylic acids is 2. The number of unbranched alkanes of at least 4 members (excludes halogenated alkanes) is 1. The van der Waals surface area contributed by atoms with Gasteiger partial charge >= 0.3 is 0 Å². The first-order valence-electron chi connectivity index (χ1n) is 8.05. The number of hydrogen-bond donors (Lipinski definition) is 1. The Morgan fingerprint density at radius 2 is 2.13 bits per heavy atom. The van der Waals surface area contributed by atoms with Gasteiger partial charge in [0, 0.05) is 24.7 Å². The van der Waals surface area contributed by atoms with Crippen LogP contribution in [0.1, 0.15) is 43.0 Å². The summed E-state index contributed by atoms with van der Waals surface area (Å²) in [7, 11) is 0. The lowest BCUT2D eigenvalue weighted by molar-refractivity contribution is -0.126. The van der Waals surface area contributed by atoms with E-state index in [1.54, 1.807) is 23.1 Å². The van der Waals surface area contributed by atoms with Crippen LogP contribution in [0.4, 0.5) is 0 Å². The SMILES string of the molecule is CCCCNC(=O)C1CCCN(C(=O)c2ccc(Cl)cc2Cl)C1. The summed E-state index contributed by atoms with van der Waals surface area (Å²) in [6.07, 6.45) is 3.66. The van der Waals surface area contributed by atoms with Gasteiger partial charge < -0.3 is 10.2 Å². The van der Waals surface area contributed by atoms with Crippen molar-refractivity contribution in [2.75, 3.05) is 19.6 Å². The summed E-state index contributed by atoms with van der Waals surface area (Å²) >= 11 is 12.0. The van der Waals surface area contributed by atoms with E-state index in [2.05, 4.69) is 12.2 Å². The third kappa shape index (κ3) is 4.85. The summed E-state index contributed by atoms with van der Waals surface area (Å²) in [4.78, 5) is 26.5. The van der Waals surface area contributed by atoms with E-state index in [0.717, 1.165) is 25.7 Å². The molecule has 6 heteroatoms. The maximum Gasteiger partial charge on any atom is 0.255 e. The predicted octanol–water partition coefficient (Wildman–Crippen LogP) is 3.76. The van der Waals surface area contributed by atoms with Crippen molar-refractivity contribution in [2.45, 2.75) is 32.6 Å². The molecule has 23 heavy (non-hydrogen) atoms. The molecule has 126 valence electrons. The fraction of sp³-hybridized carbons (Fsp3) is 0.529. The van der Waals surface area contributed by atoms with Gasteiger partial charge in [0.15, 0.2) is 0 Å². The first kappa shape index (κ1) is 18.1. The highest BCUT2D eigenvalue weighted by Crippen LogP contribution is 2.25. The monoisotopic (exact) mass is 356 g/mol. The maximum absolute atomic E-state index is 12.6. The van der Waals surface area contributed by atoms with Crippen LogP contribution in [0.3, 0.4) is 0 Å². The summed E-state index contributed by atoms with van der Waals surface area (Å²) in [5.74, 6) is -0.244. The van der Waals surface area contributed by atoms with Crippen LogP contribution in [0.25, 0.3) is 0 Å². The number of amides is 2. The van der Waals surface area contributed by atoms with E-state index in [1.807, 2.05) is 0 Å². The van der Waals surface area contributed by atoms with E-state index in [4.69, 9.17) is 23.2 Å². The van der Waals surface area contributed by atoms with Gasteiger partial charge in [0.05, 0.1) is 16.5 Å². The van der Waals surface area contributed by atoms with Crippen LogP contribution in [-0.4, -0.2) is 36.3 Å². The number of piperidine rings is 1. The van der Waals surface area contributed by atoms with Gasteiger partial charge in [-0.25, -0.2) is 0 Å². The average molecular weight is 357 g/mol. The second-order valence-corrected chi connectivity index (χ2v) is 6.70. The number of rotatable bonds is 5. The number of halogens is 2. The lowest BCUT2D eigenvalue weighted by atomic mass is 9.96. The number of carbonyl (C=O) groups is 2. The molecule has 1 atom stereocenters. The Balaban J connectivity index is 2.00. The van der Waals surface area contributed by atoms with Crippen LogP contribution in [0.15, 0.2) is 18.2 Å². The Labute approximate surface area is 147 Å². The summed E-state index contributed by atoms with van der Waals surface area (Å²) in [5, 5.41) is 3.79. The molecule has 2 amide bonds. The van der Waals surface area contributed by atoms with Crippen LogP contribution in [0.2, 0.25) is 10.0 Å². The second-order valence-electron chi connectivity index (χ2n) is 5.86. The molecule has 0 spiro atoms. The Bertz CT molecular complexity index is 578. The van der Waals surface area contributed by atoms with Crippen LogP contribution in [-0.2, 0) is 4.79 Å². The van der Waals surface area contributed by atoms with Gasteiger partial charge in [-0.1, -0.05) is 36.5 Å². The summed E-state index contributed by atoms with van der Waals surface area (Å²) in [6, 6.07) is 4.85. The van der Waals surface area contributed by atoms with E-state index in [-0.39, 0.29) is 17.7 Å². The normalized spacial score (nSPS) is 17.9. The van der Waals surface area contributed by atoms with Crippen molar-refractivity contribution in [2.24, 2.45) is 5.92 Å². The smallest absolute Gasteiger partial charge is 0.255 e.